The molecule has 1 aromatic rings. The summed E-state index contributed by atoms with van der Waals surface area (Å²) in [5.41, 5.74) is 6.09. The van der Waals surface area contributed by atoms with Gasteiger partial charge in [0.25, 0.3) is 5.91 Å². The highest BCUT2D eigenvalue weighted by atomic mass is 32.2. The van der Waals surface area contributed by atoms with Crippen molar-refractivity contribution in [2.45, 2.75) is 25.0 Å². The highest BCUT2D eigenvalue weighted by Gasteiger charge is 2.59. The zero-order valence-corrected chi connectivity index (χ0v) is 12.8. The minimum absolute atomic E-state index is 0.163. The zero-order valence-electron chi connectivity index (χ0n) is 11.2. The molecule has 0 spiro atoms. The number of likely N-dealkylation sites (tertiary alicyclic amines) is 1. The van der Waals surface area contributed by atoms with Gasteiger partial charge in [-0.25, -0.2) is 14.1 Å². The van der Waals surface area contributed by atoms with E-state index in [1.165, 1.54) is 16.2 Å². The monoisotopic (exact) mass is 347 g/mol. The fraction of sp³-hybridized carbons (Fsp3) is 0.500. The van der Waals surface area contributed by atoms with Gasteiger partial charge in [-0.1, -0.05) is 0 Å². The van der Waals surface area contributed by atoms with E-state index in [1.54, 1.807) is 5.38 Å². The lowest BCUT2D eigenvalue weighted by Gasteiger charge is -2.42. The molecule has 2 fully saturated rings. The summed E-state index contributed by atoms with van der Waals surface area (Å²) < 4.78 is 31.6. The van der Waals surface area contributed by atoms with Crippen molar-refractivity contribution in [1.29, 1.82) is 0 Å². The maximum atomic E-state index is 12.1. The molecule has 0 saturated carbocycles. The van der Waals surface area contributed by atoms with Crippen LogP contribution in [0.3, 0.4) is 0 Å². The molecule has 0 bridgehead atoms. The number of urea groups is 1. The average Bonchev–Trinajstić information content (AvgIpc) is 2.98. The second kappa shape index (κ2) is 5.07. The molecule has 4 N–H and O–H groups in total. The fourth-order valence-electron chi connectivity index (χ4n) is 2.72. The summed E-state index contributed by atoms with van der Waals surface area (Å²) in [5.74, 6) is -0.793. The quantitative estimate of drug-likeness (QED) is 0.470. The average molecular weight is 347 g/mol. The Kier molecular flexibility index (Phi) is 3.45. The highest BCUT2D eigenvalue weighted by molar-refractivity contribution is 7.84. The van der Waals surface area contributed by atoms with E-state index in [0.29, 0.717) is 21.6 Å². The van der Waals surface area contributed by atoms with Gasteiger partial charge in [0.1, 0.15) is 6.04 Å². The first kappa shape index (κ1) is 15.0. The van der Waals surface area contributed by atoms with Crippen LogP contribution in [0, 0.1) is 0 Å². The second-order valence-corrected chi connectivity index (χ2v) is 7.12. The van der Waals surface area contributed by atoms with Gasteiger partial charge in [-0.05, 0) is 6.42 Å². The fourth-order valence-corrected chi connectivity index (χ4v) is 4.18. The smallest absolute Gasteiger partial charge is 0.362 e. The van der Waals surface area contributed by atoms with Gasteiger partial charge < -0.3 is 16.0 Å². The number of carbonyl (C=O) groups is 2. The third-order valence-corrected chi connectivity index (χ3v) is 5.31. The molecule has 0 unspecified atom stereocenters. The summed E-state index contributed by atoms with van der Waals surface area (Å²) in [6.07, 6.45) is 0.299. The zero-order chi connectivity index (χ0) is 16.1. The van der Waals surface area contributed by atoms with E-state index >= 15 is 0 Å². The second-order valence-electron chi connectivity index (χ2n) is 4.94. The van der Waals surface area contributed by atoms with Gasteiger partial charge in [-0.15, -0.1) is 11.3 Å². The molecule has 2 saturated heterocycles. The lowest BCUT2D eigenvalue weighted by Crippen LogP contribution is -2.68. The lowest BCUT2D eigenvalue weighted by molar-refractivity contribution is -0.143. The van der Waals surface area contributed by atoms with E-state index in [1.807, 2.05) is 0 Å². The Morgan fingerprint density at radius 2 is 2.32 bits per heavy atom. The molecule has 0 aromatic carbocycles. The first-order valence-electron chi connectivity index (χ1n) is 6.34. The van der Waals surface area contributed by atoms with Crippen molar-refractivity contribution in [2.24, 2.45) is 0 Å². The molecule has 22 heavy (non-hydrogen) atoms. The predicted octanol–water partition coefficient (Wildman–Crippen LogP) is -0.977. The first-order chi connectivity index (χ1) is 10.3. The number of hydrogen-bond acceptors (Lipinski definition) is 7. The molecule has 3 heterocycles. The number of rotatable bonds is 3. The SMILES string of the molecule is Nc1nc(CNC(=O)N2CC[C@@H]3[C@H]2C(=O)N3S(=O)(=O)O)cs1. The number of nitrogens with two attached hydrogens (primary N) is 1. The maximum absolute atomic E-state index is 12.1. The summed E-state index contributed by atoms with van der Waals surface area (Å²) in [7, 11) is -4.57. The number of hydrogen-bond donors (Lipinski definition) is 3. The number of fused-ring (bicyclic) bond motifs is 1. The Bertz CT molecular complexity index is 732. The minimum atomic E-state index is -4.57. The number of amides is 3. The van der Waals surface area contributed by atoms with Gasteiger partial charge in [0.15, 0.2) is 5.13 Å². The lowest BCUT2D eigenvalue weighted by atomic mass is 10.0. The van der Waals surface area contributed by atoms with Crippen LogP contribution >= 0.6 is 11.3 Å². The van der Waals surface area contributed by atoms with E-state index in [9.17, 15) is 18.0 Å². The van der Waals surface area contributed by atoms with Crippen molar-refractivity contribution < 1.29 is 22.6 Å². The molecule has 3 amide bonds. The molecule has 3 rings (SSSR count). The topological polar surface area (TPSA) is 146 Å². The van der Waals surface area contributed by atoms with Crippen molar-refractivity contribution in [1.82, 2.24) is 19.5 Å². The molecule has 10 nitrogen and oxygen atoms in total. The Hall–Kier alpha value is -1.92. The number of nitrogens with zero attached hydrogens (tertiary/aromatic N) is 3. The van der Waals surface area contributed by atoms with Crippen LogP contribution < -0.4 is 11.1 Å². The maximum Gasteiger partial charge on any atom is 0.362 e. The van der Waals surface area contributed by atoms with E-state index in [4.69, 9.17) is 10.3 Å². The van der Waals surface area contributed by atoms with E-state index in [-0.39, 0.29) is 13.1 Å². The summed E-state index contributed by atoms with van der Waals surface area (Å²) >= 11 is 1.25. The van der Waals surface area contributed by atoms with Gasteiger partial charge >= 0.3 is 16.3 Å². The van der Waals surface area contributed by atoms with E-state index < -0.39 is 34.3 Å². The molecule has 2 aliphatic heterocycles. The first-order valence-corrected chi connectivity index (χ1v) is 8.61. The molecule has 2 aliphatic rings. The molecule has 2 atom stereocenters. The number of nitrogen functional groups attached to an aromatic ring is 1. The predicted molar refractivity (Wildman–Crippen MR) is 76.1 cm³/mol. The van der Waals surface area contributed by atoms with Gasteiger partial charge in [0.05, 0.1) is 18.3 Å². The molecule has 120 valence electrons. The van der Waals surface area contributed by atoms with Crippen molar-refractivity contribution in [3.8, 4) is 0 Å². The number of aromatic nitrogens is 1. The Labute approximate surface area is 129 Å². The molecular weight excluding hydrogens is 334 g/mol. The molecule has 0 radical (unpaired) electrons. The van der Waals surface area contributed by atoms with Gasteiger partial charge in [-0.2, -0.15) is 8.42 Å². The Morgan fingerprint density at radius 3 is 2.91 bits per heavy atom. The number of carbonyl (C=O) groups excluding carboxylic acids is 2. The largest absolute Gasteiger partial charge is 0.375 e. The van der Waals surface area contributed by atoms with Crippen LogP contribution in [0.4, 0.5) is 9.93 Å². The number of anilines is 1. The van der Waals surface area contributed by atoms with Crippen LogP contribution in [-0.2, 0) is 21.6 Å². The van der Waals surface area contributed by atoms with Gasteiger partial charge in [0, 0.05) is 11.9 Å². The molecule has 0 aliphatic carbocycles. The summed E-state index contributed by atoms with van der Waals surface area (Å²) in [4.78, 5) is 29.2. The van der Waals surface area contributed by atoms with Crippen molar-refractivity contribution in [3.05, 3.63) is 11.1 Å². The molecule has 12 heteroatoms. The van der Waals surface area contributed by atoms with Gasteiger partial charge in [0.2, 0.25) is 0 Å². The number of β-lactam (4-membered cyclic amide) rings is 1. The molecule has 1 aromatic heterocycles. The summed E-state index contributed by atoms with van der Waals surface area (Å²) in [6, 6.07) is -2.02. The Balaban J connectivity index is 1.62. The highest BCUT2D eigenvalue weighted by Crippen LogP contribution is 2.35. The van der Waals surface area contributed by atoms with E-state index in [2.05, 4.69) is 10.3 Å². The Morgan fingerprint density at radius 1 is 1.59 bits per heavy atom. The van der Waals surface area contributed by atoms with Crippen LogP contribution in [0.1, 0.15) is 12.1 Å². The van der Waals surface area contributed by atoms with Crippen molar-refractivity contribution in [3.63, 3.8) is 0 Å². The molecular formula is C10H13N5O5S2. The third kappa shape index (κ3) is 2.38. The summed E-state index contributed by atoms with van der Waals surface area (Å²) in [6.45, 7) is 0.398. The minimum Gasteiger partial charge on any atom is -0.375 e. The standard InChI is InChI=1S/C10H13N5O5S2/c11-9-13-5(4-21-9)3-12-10(17)14-2-1-6-7(14)8(16)15(6)22(18,19)20/h4,6-7H,1-3H2,(H2,11,13)(H,12,17)(H,18,19,20)/t6-,7+/m1/s1. The number of thiazole rings is 1. The van der Waals surface area contributed by atoms with Crippen molar-refractivity contribution >= 4 is 38.7 Å². The van der Waals surface area contributed by atoms with E-state index in [0.717, 1.165) is 0 Å². The van der Waals surface area contributed by atoms with Crippen LogP contribution in [0.5, 0.6) is 0 Å². The van der Waals surface area contributed by atoms with Crippen LogP contribution in [0.15, 0.2) is 5.38 Å². The van der Waals surface area contributed by atoms with Gasteiger partial charge in [-0.3, -0.25) is 9.35 Å². The van der Waals surface area contributed by atoms with Crippen LogP contribution in [0.25, 0.3) is 0 Å². The number of nitrogens with one attached hydrogen (secondary N) is 1. The van der Waals surface area contributed by atoms with Crippen LogP contribution in [-0.4, -0.2) is 57.7 Å². The third-order valence-electron chi connectivity index (χ3n) is 3.64. The van der Waals surface area contributed by atoms with Crippen LogP contribution in [0.2, 0.25) is 0 Å². The summed E-state index contributed by atoms with van der Waals surface area (Å²) in [5, 5.41) is 4.70. The van der Waals surface area contributed by atoms with Crippen molar-refractivity contribution in [2.75, 3.05) is 12.3 Å². The normalized spacial score (nSPS) is 24.1.